The molecular formula is C10H11BClNO6. The van der Waals surface area contributed by atoms with Gasteiger partial charge in [0, 0.05) is 21.0 Å². The first-order valence-corrected chi connectivity index (χ1v) is 5.93. The largest absolute Gasteiger partial charge is 0.496 e. The molecule has 0 spiro atoms. The lowest BCUT2D eigenvalue weighted by Gasteiger charge is -2.11. The van der Waals surface area contributed by atoms with Crippen LogP contribution >= 0.6 is 11.6 Å². The molecule has 0 fully saturated rings. The maximum atomic E-state index is 10.6. The summed E-state index contributed by atoms with van der Waals surface area (Å²) in [5.74, 6) is 0.298. The lowest BCUT2D eigenvalue weighted by atomic mass is 9.78. The van der Waals surface area contributed by atoms with E-state index in [2.05, 4.69) is 0 Å². The van der Waals surface area contributed by atoms with Gasteiger partial charge in [-0.05, 0) is 12.1 Å². The van der Waals surface area contributed by atoms with Crippen LogP contribution in [0.4, 0.5) is 0 Å². The Balaban J connectivity index is 2.39. The number of hydrogen-bond acceptors (Lipinski definition) is 6. The van der Waals surface area contributed by atoms with Crippen LogP contribution in [0.2, 0.25) is 5.02 Å². The first kappa shape index (κ1) is 14.1. The molecule has 19 heavy (non-hydrogen) atoms. The fourth-order valence-corrected chi connectivity index (χ4v) is 2.30. The smallest absolute Gasteiger partial charge is 0.492 e. The Morgan fingerprint density at radius 3 is 2.95 bits per heavy atom. The molecule has 0 saturated carbocycles. The second kappa shape index (κ2) is 5.75. The van der Waals surface area contributed by atoms with Crippen LogP contribution in [0.3, 0.4) is 0 Å². The van der Waals surface area contributed by atoms with E-state index in [0.29, 0.717) is 11.3 Å². The number of halogens is 1. The highest BCUT2D eigenvalue weighted by Gasteiger charge is 2.41. The SMILES string of the molecule is O=[N+]([O-])CC1OB(O)c2c(OCCO)ccc(Cl)c21. The van der Waals surface area contributed by atoms with Crippen LogP contribution < -0.4 is 10.2 Å². The van der Waals surface area contributed by atoms with Crippen molar-refractivity contribution in [3.63, 3.8) is 0 Å². The number of hydrogen-bond donors (Lipinski definition) is 2. The van der Waals surface area contributed by atoms with Crippen LogP contribution in [0.5, 0.6) is 5.75 Å². The van der Waals surface area contributed by atoms with Gasteiger partial charge in [0.25, 0.3) is 0 Å². The van der Waals surface area contributed by atoms with Gasteiger partial charge in [-0.1, -0.05) is 11.6 Å². The normalized spacial score (nSPS) is 17.4. The van der Waals surface area contributed by atoms with Gasteiger partial charge in [0.15, 0.2) is 0 Å². The van der Waals surface area contributed by atoms with E-state index in [9.17, 15) is 15.1 Å². The fraction of sp³-hybridized carbons (Fsp3) is 0.400. The third-order valence-corrected chi connectivity index (χ3v) is 3.05. The summed E-state index contributed by atoms with van der Waals surface area (Å²) in [6.45, 7) is -0.638. The van der Waals surface area contributed by atoms with Crippen molar-refractivity contribution in [1.82, 2.24) is 0 Å². The van der Waals surface area contributed by atoms with E-state index in [1.165, 1.54) is 12.1 Å². The summed E-state index contributed by atoms with van der Waals surface area (Å²) >= 11 is 6.00. The van der Waals surface area contributed by atoms with Gasteiger partial charge in [0.05, 0.1) is 6.61 Å². The monoisotopic (exact) mass is 287 g/mol. The molecular weight excluding hydrogens is 276 g/mol. The van der Waals surface area contributed by atoms with E-state index in [1.54, 1.807) is 0 Å². The van der Waals surface area contributed by atoms with Crippen LogP contribution in [0.25, 0.3) is 0 Å². The van der Waals surface area contributed by atoms with E-state index in [4.69, 9.17) is 26.1 Å². The summed E-state index contributed by atoms with van der Waals surface area (Å²) in [7, 11) is -1.33. The molecule has 1 heterocycles. The summed E-state index contributed by atoms with van der Waals surface area (Å²) in [6, 6.07) is 3.04. The molecule has 0 saturated heterocycles. The van der Waals surface area contributed by atoms with E-state index in [1.807, 2.05) is 0 Å². The molecule has 7 nitrogen and oxygen atoms in total. The van der Waals surface area contributed by atoms with Crippen molar-refractivity contribution < 1.29 is 24.4 Å². The number of fused-ring (bicyclic) bond motifs is 1. The molecule has 0 amide bonds. The van der Waals surface area contributed by atoms with Gasteiger partial charge in [0.1, 0.15) is 18.5 Å². The number of aliphatic hydroxyl groups is 1. The van der Waals surface area contributed by atoms with Crippen LogP contribution in [0.15, 0.2) is 12.1 Å². The average molecular weight is 287 g/mol. The zero-order valence-corrected chi connectivity index (χ0v) is 10.5. The topological polar surface area (TPSA) is 102 Å². The second-order valence-corrected chi connectivity index (χ2v) is 4.34. The Labute approximate surface area is 114 Å². The molecule has 1 aliphatic rings. The third kappa shape index (κ3) is 2.81. The lowest BCUT2D eigenvalue weighted by molar-refractivity contribution is -0.490. The second-order valence-electron chi connectivity index (χ2n) is 3.94. The lowest BCUT2D eigenvalue weighted by Crippen LogP contribution is -2.30. The number of rotatable bonds is 5. The van der Waals surface area contributed by atoms with Crippen molar-refractivity contribution in [2.24, 2.45) is 0 Å². The molecule has 0 radical (unpaired) electrons. The molecule has 1 aliphatic heterocycles. The molecule has 0 bridgehead atoms. The molecule has 2 rings (SSSR count). The maximum absolute atomic E-state index is 10.6. The van der Waals surface area contributed by atoms with Gasteiger partial charge < -0.3 is 19.5 Å². The van der Waals surface area contributed by atoms with Gasteiger partial charge in [-0.2, -0.15) is 0 Å². The number of benzene rings is 1. The summed E-state index contributed by atoms with van der Waals surface area (Å²) in [5, 5.41) is 29.4. The summed E-state index contributed by atoms with van der Waals surface area (Å²) in [5.41, 5.74) is 0.647. The minimum Gasteiger partial charge on any atom is -0.492 e. The maximum Gasteiger partial charge on any atom is 0.496 e. The Morgan fingerprint density at radius 2 is 2.32 bits per heavy atom. The van der Waals surface area contributed by atoms with E-state index < -0.39 is 24.7 Å². The van der Waals surface area contributed by atoms with Crippen molar-refractivity contribution in [2.75, 3.05) is 19.8 Å². The van der Waals surface area contributed by atoms with E-state index >= 15 is 0 Å². The molecule has 2 N–H and O–H groups in total. The van der Waals surface area contributed by atoms with Crippen LogP contribution in [0, 0.1) is 10.1 Å². The summed E-state index contributed by atoms with van der Waals surface area (Å²) in [6.07, 6.45) is -0.912. The minimum absolute atomic E-state index is 0.0424. The molecule has 1 unspecified atom stereocenters. The van der Waals surface area contributed by atoms with Gasteiger partial charge >= 0.3 is 7.12 Å². The number of nitro groups is 1. The molecule has 1 atom stereocenters. The highest BCUT2D eigenvalue weighted by atomic mass is 35.5. The van der Waals surface area contributed by atoms with E-state index in [0.717, 1.165) is 0 Å². The molecule has 1 aromatic rings. The number of aliphatic hydroxyl groups excluding tert-OH is 1. The highest BCUT2D eigenvalue weighted by Crippen LogP contribution is 2.33. The number of ether oxygens (including phenoxy) is 1. The van der Waals surface area contributed by atoms with Crippen molar-refractivity contribution >= 4 is 24.2 Å². The third-order valence-electron chi connectivity index (χ3n) is 2.72. The zero-order valence-electron chi connectivity index (χ0n) is 9.78. The van der Waals surface area contributed by atoms with Crippen molar-refractivity contribution in [2.45, 2.75) is 6.10 Å². The predicted octanol–water partition coefficient (Wildman–Crippen LogP) is -0.253. The minimum atomic E-state index is -1.33. The van der Waals surface area contributed by atoms with E-state index in [-0.39, 0.29) is 23.7 Å². The van der Waals surface area contributed by atoms with Crippen molar-refractivity contribution in [3.05, 3.63) is 32.8 Å². The molecule has 0 aromatic heterocycles. The standard InChI is InChI=1S/C10H11BClNO6/c12-6-1-2-7(18-4-3-14)10-9(6)8(5-13(16)17)19-11(10)15/h1-2,8,14-15H,3-5H2. The van der Waals surface area contributed by atoms with Gasteiger partial charge in [-0.3, -0.25) is 10.1 Å². The van der Waals surface area contributed by atoms with Crippen LogP contribution in [-0.2, 0) is 4.65 Å². The average Bonchev–Trinajstić information content (AvgIpc) is 2.66. The Kier molecular flexibility index (Phi) is 4.26. The quantitative estimate of drug-likeness (QED) is 0.440. The fourth-order valence-electron chi connectivity index (χ4n) is 2.01. The van der Waals surface area contributed by atoms with Crippen molar-refractivity contribution in [3.8, 4) is 5.75 Å². The predicted molar refractivity (Wildman–Crippen MR) is 67.3 cm³/mol. The molecule has 0 aliphatic carbocycles. The highest BCUT2D eigenvalue weighted by molar-refractivity contribution is 6.63. The van der Waals surface area contributed by atoms with Gasteiger partial charge in [-0.25, -0.2) is 0 Å². The zero-order chi connectivity index (χ0) is 14.0. The Hall–Kier alpha value is -1.35. The Morgan fingerprint density at radius 1 is 1.58 bits per heavy atom. The summed E-state index contributed by atoms with van der Waals surface area (Å²) < 4.78 is 10.4. The van der Waals surface area contributed by atoms with Crippen LogP contribution in [0.1, 0.15) is 11.7 Å². The molecule has 102 valence electrons. The number of nitrogens with zero attached hydrogens (tertiary/aromatic N) is 1. The van der Waals surface area contributed by atoms with Crippen molar-refractivity contribution in [1.29, 1.82) is 0 Å². The van der Waals surface area contributed by atoms with Gasteiger partial charge in [-0.15, -0.1) is 0 Å². The molecule has 1 aromatic carbocycles. The van der Waals surface area contributed by atoms with Gasteiger partial charge in [0.2, 0.25) is 6.54 Å². The first-order chi connectivity index (χ1) is 9.04. The first-order valence-electron chi connectivity index (χ1n) is 5.56. The molecule has 9 heteroatoms. The summed E-state index contributed by atoms with van der Waals surface area (Å²) in [4.78, 5) is 10.0. The Bertz CT molecular complexity index is 499. The van der Waals surface area contributed by atoms with Crippen LogP contribution in [-0.4, -0.2) is 41.9 Å².